The average Bonchev–Trinajstić information content (AvgIpc) is 2.68. The van der Waals surface area contributed by atoms with Crippen LogP contribution in [0.15, 0.2) is 18.2 Å². The van der Waals surface area contributed by atoms with Crippen LogP contribution in [0.2, 0.25) is 0 Å². The molecule has 106 valence electrons. The molecule has 0 amide bonds. The van der Waals surface area contributed by atoms with Crippen LogP contribution >= 0.6 is 11.8 Å². The van der Waals surface area contributed by atoms with E-state index >= 15 is 0 Å². The normalized spacial score (nSPS) is 13.8. The topological polar surface area (TPSA) is 52.6 Å². The predicted molar refractivity (Wildman–Crippen MR) is 78.9 cm³/mol. The average molecular weight is 292 g/mol. The Morgan fingerprint density at radius 1 is 1.45 bits per heavy atom. The van der Waals surface area contributed by atoms with Gasteiger partial charge in [0.1, 0.15) is 5.75 Å². The Kier molecular flexibility index (Phi) is 4.84. The molecular weight excluding hydrogens is 276 g/mol. The molecule has 5 heteroatoms. The number of benzene rings is 1. The maximum absolute atomic E-state index is 12.0. The second-order valence-electron chi connectivity index (χ2n) is 4.27. The van der Waals surface area contributed by atoms with Crippen molar-refractivity contribution in [2.75, 3.05) is 12.9 Å². The molecule has 0 aliphatic carbocycles. The molecule has 20 heavy (non-hydrogen) atoms. The maximum Gasteiger partial charge on any atom is 0.346 e. The van der Waals surface area contributed by atoms with Crippen molar-refractivity contribution in [2.24, 2.45) is 0 Å². The van der Waals surface area contributed by atoms with E-state index in [4.69, 9.17) is 4.74 Å². The third-order valence-electron chi connectivity index (χ3n) is 3.26. The number of ether oxygens (including phenoxy) is 2. The van der Waals surface area contributed by atoms with Crippen molar-refractivity contribution < 1.29 is 19.1 Å². The zero-order chi connectivity index (χ0) is 14.5. The second kappa shape index (κ2) is 6.61. The van der Waals surface area contributed by atoms with Crippen molar-refractivity contribution in [3.8, 4) is 5.75 Å². The lowest BCUT2D eigenvalue weighted by atomic mass is 9.92. The third-order valence-corrected chi connectivity index (χ3v) is 4.16. The van der Waals surface area contributed by atoms with Crippen LogP contribution in [-0.2, 0) is 15.3 Å². The molecule has 0 radical (unpaired) electrons. The van der Waals surface area contributed by atoms with E-state index in [-0.39, 0.29) is 6.47 Å². The highest BCUT2D eigenvalue weighted by atomic mass is 32.2. The first kappa shape index (κ1) is 14.7. The van der Waals surface area contributed by atoms with E-state index in [9.17, 15) is 9.59 Å². The highest BCUT2D eigenvalue weighted by Gasteiger charge is 2.23. The fourth-order valence-corrected chi connectivity index (χ4v) is 3.28. The van der Waals surface area contributed by atoms with Crippen LogP contribution in [0.4, 0.5) is 0 Å². The molecule has 0 spiro atoms. The standard InChI is InChI=1S/C15H16O4S/c1-3-10-6-7-20-8-12-13(18-2)5-4-11(14(10)12)15(17)19-9-16/h4-6,9H,3,7-8H2,1-2H3. The highest BCUT2D eigenvalue weighted by molar-refractivity contribution is 7.98. The quantitative estimate of drug-likeness (QED) is 0.485. The first-order valence-corrected chi connectivity index (χ1v) is 7.50. The fourth-order valence-electron chi connectivity index (χ4n) is 2.35. The molecule has 1 aliphatic rings. The third kappa shape index (κ3) is 2.72. The van der Waals surface area contributed by atoms with Crippen molar-refractivity contribution in [3.05, 3.63) is 34.9 Å². The second-order valence-corrected chi connectivity index (χ2v) is 5.30. The van der Waals surface area contributed by atoms with Gasteiger partial charge in [0.25, 0.3) is 0 Å². The first-order chi connectivity index (χ1) is 9.72. The summed E-state index contributed by atoms with van der Waals surface area (Å²) in [6.07, 6.45) is 2.93. The smallest absolute Gasteiger partial charge is 0.346 e. The minimum Gasteiger partial charge on any atom is -0.496 e. The van der Waals surface area contributed by atoms with Crippen molar-refractivity contribution >= 4 is 29.8 Å². The summed E-state index contributed by atoms with van der Waals surface area (Å²) in [6, 6.07) is 3.41. The summed E-state index contributed by atoms with van der Waals surface area (Å²) in [4.78, 5) is 22.4. The SMILES string of the molecule is CCC1=CCSCc2c(OC)ccc(C(=O)OC=O)c21. The summed E-state index contributed by atoms with van der Waals surface area (Å²) in [5.41, 5.74) is 3.34. The predicted octanol–water partition coefficient (Wildman–Crippen LogP) is 3.05. The Morgan fingerprint density at radius 2 is 2.25 bits per heavy atom. The van der Waals surface area contributed by atoms with Gasteiger partial charge in [-0.3, -0.25) is 4.79 Å². The number of carbonyl (C=O) groups excluding carboxylic acids is 2. The Hall–Kier alpha value is -1.75. The number of hydrogen-bond donors (Lipinski definition) is 0. The van der Waals surface area contributed by atoms with Gasteiger partial charge < -0.3 is 9.47 Å². The molecule has 1 aromatic rings. The molecule has 0 fully saturated rings. The first-order valence-electron chi connectivity index (χ1n) is 6.34. The molecule has 0 unspecified atom stereocenters. The van der Waals surface area contributed by atoms with Crippen LogP contribution < -0.4 is 4.74 Å². The Labute approximate surface area is 122 Å². The molecule has 0 N–H and O–H groups in total. The summed E-state index contributed by atoms with van der Waals surface area (Å²) in [6.45, 7) is 2.21. The summed E-state index contributed by atoms with van der Waals surface area (Å²) in [7, 11) is 1.62. The van der Waals surface area contributed by atoms with Crippen LogP contribution in [0.25, 0.3) is 5.57 Å². The van der Waals surface area contributed by atoms with E-state index in [0.717, 1.165) is 40.4 Å². The monoisotopic (exact) mass is 292 g/mol. The van der Waals surface area contributed by atoms with Crippen molar-refractivity contribution in [3.63, 3.8) is 0 Å². The van der Waals surface area contributed by atoms with Crippen LogP contribution in [0.5, 0.6) is 5.75 Å². The number of carbonyl (C=O) groups is 2. The highest BCUT2D eigenvalue weighted by Crippen LogP contribution is 2.37. The van der Waals surface area contributed by atoms with Gasteiger partial charge in [-0.15, -0.1) is 0 Å². The van der Waals surface area contributed by atoms with Crippen molar-refractivity contribution in [1.29, 1.82) is 0 Å². The van der Waals surface area contributed by atoms with Gasteiger partial charge in [-0.25, -0.2) is 4.79 Å². The van der Waals surface area contributed by atoms with E-state index in [1.165, 1.54) is 0 Å². The molecule has 1 heterocycles. The molecule has 4 nitrogen and oxygen atoms in total. The Morgan fingerprint density at radius 3 is 2.90 bits per heavy atom. The molecule has 0 aromatic heterocycles. The van der Waals surface area contributed by atoms with Gasteiger partial charge in [0.2, 0.25) is 0 Å². The van der Waals surface area contributed by atoms with Gasteiger partial charge >= 0.3 is 12.4 Å². The number of thioether (sulfide) groups is 1. The summed E-state index contributed by atoms with van der Waals surface area (Å²) < 4.78 is 9.90. The summed E-state index contributed by atoms with van der Waals surface area (Å²) in [5, 5.41) is 0. The fraction of sp³-hybridized carbons (Fsp3) is 0.333. The van der Waals surface area contributed by atoms with Crippen LogP contribution in [0, 0.1) is 0 Å². The molecule has 0 bridgehead atoms. The Balaban J connectivity index is 2.65. The minimum atomic E-state index is -0.620. The maximum atomic E-state index is 12.0. The van der Waals surface area contributed by atoms with Crippen molar-refractivity contribution in [2.45, 2.75) is 19.1 Å². The molecule has 0 saturated heterocycles. The molecule has 1 aliphatic heterocycles. The van der Waals surface area contributed by atoms with E-state index in [1.54, 1.807) is 31.0 Å². The van der Waals surface area contributed by atoms with Crippen LogP contribution in [-0.4, -0.2) is 25.3 Å². The van der Waals surface area contributed by atoms with E-state index in [0.29, 0.717) is 5.56 Å². The number of rotatable bonds is 4. The molecule has 2 rings (SSSR count). The zero-order valence-electron chi connectivity index (χ0n) is 11.5. The molecule has 0 saturated carbocycles. The number of hydrogen-bond acceptors (Lipinski definition) is 5. The van der Waals surface area contributed by atoms with Gasteiger partial charge in [0.05, 0.1) is 12.7 Å². The minimum absolute atomic E-state index is 0.166. The van der Waals surface area contributed by atoms with Gasteiger partial charge in [-0.2, -0.15) is 11.8 Å². The number of fused-ring (bicyclic) bond motifs is 1. The molecule has 0 atom stereocenters. The number of esters is 1. The van der Waals surface area contributed by atoms with E-state index in [1.807, 2.05) is 6.92 Å². The summed E-state index contributed by atoms with van der Waals surface area (Å²) in [5.74, 6) is 1.80. The molecule has 1 aromatic carbocycles. The largest absolute Gasteiger partial charge is 0.496 e. The van der Waals surface area contributed by atoms with E-state index in [2.05, 4.69) is 10.8 Å². The van der Waals surface area contributed by atoms with Gasteiger partial charge in [-0.05, 0) is 29.7 Å². The van der Waals surface area contributed by atoms with Crippen molar-refractivity contribution in [1.82, 2.24) is 0 Å². The summed E-state index contributed by atoms with van der Waals surface area (Å²) >= 11 is 1.76. The number of allylic oxidation sites excluding steroid dienone is 1. The van der Waals surface area contributed by atoms with Crippen LogP contribution in [0.3, 0.4) is 0 Å². The van der Waals surface area contributed by atoms with Gasteiger partial charge in [-0.1, -0.05) is 13.0 Å². The molecular formula is C15H16O4S. The lowest BCUT2D eigenvalue weighted by molar-refractivity contribution is -0.123. The lowest BCUT2D eigenvalue weighted by Gasteiger charge is -2.16. The zero-order valence-corrected chi connectivity index (χ0v) is 12.3. The van der Waals surface area contributed by atoms with Gasteiger partial charge in [0, 0.05) is 17.1 Å². The number of methoxy groups -OCH3 is 1. The Bertz CT molecular complexity index is 563. The van der Waals surface area contributed by atoms with Gasteiger partial charge in [0.15, 0.2) is 0 Å². The van der Waals surface area contributed by atoms with Crippen LogP contribution in [0.1, 0.15) is 34.8 Å². The lowest BCUT2D eigenvalue weighted by Crippen LogP contribution is -2.09. The van der Waals surface area contributed by atoms with E-state index < -0.39 is 5.97 Å².